The Kier molecular flexibility index (Phi) is 4.79. The fraction of sp³-hybridized carbons (Fsp3) is 0.294. The van der Waals surface area contributed by atoms with Gasteiger partial charge in [-0.3, -0.25) is 10.1 Å². The lowest BCUT2D eigenvalue weighted by molar-refractivity contribution is -0.901. The Morgan fingerprint density at radius 3 is 2.74 bits per heavy atom. The predicted molar refractivity (Wildman–Crippen MR) is 91.0 cm³/mol. The molecular formula is C17H19ClN3O2+. The highest BCUT2D eigenvalue weighted by Gasteiger charge is 2.26. The molecule has 1 aliphatic rings. The lowest BCUT2D eigenvalue weighted by atomic mass is 10.2. The molecule has 1 saturated heterocycles. The van der Waals surface area contributed by atoms with Crippen molar-refractivity contribution in [3.63, 3.8) is 0 Å². The van der Waals surface area contributed by atoms with Crippen LogP contribution in [0.3, 0.4) is 0 Å². The number of quaternary nitrogens is 1. The fourth-order valence-corrected chi connectivity index (χ4v) is 3.28. The Balaban J connectivity index is 1.59. The van der Waals surface area contributed by atoms with Crippen molar-refractivity contribution in [2.45, 2.75) is 19.0 Å². The first kappa shape index (κ1) is 15.8. The van der Waals surface area contributed by atoms with E-state index >= 15 is 0 Å². The number of halogens is 1. The summed E-state index contributed by atoms with van der Waals surface area (Å²) in [4.78, 5) is 11.8. The maximum absolute atomic E-state index is 10.7. The van der Waals surface area contributed by atoms with Gasteiger partial charge in [0.2, 0.25) is 0 Å². The van der Waals surface area contributed by atoms with E-state index in [1.54, 1.807) is 6.07 Å². The lowest BCUT2D eigenvalue weighted by Gasteiger charge is -2.15. The molecule has 120 valence electrons. The molecule has 2 N–H and O–H groups in total. The molecule has 2 atom stereocenters. The van der Waals surface area contributed by atoms with E-state index in [9.17, 15) is 10.1 Å². The molecule has 0 aliphatic carbocycles. The lowest BCUT2D eigenvalue weighted by Crippen LogP contribution is -3.09. The Morgan fingerprint density at radius 1 is 1.26 bits per heavy atom. The van der Waals surface area contributed by atoms with Crippen LogP contribution in [-0.4, -0.2) is 24.1 Å². The zero-order valence-electron chi connectivity index (χ0n) is 12.7. The van der Waals surface area contributed by atoms with E-state index in [0.29, 0.717) is 11.1 Å². The molecule has 0 bridgehead atoms. The summed E-state index contributed by atoms with van der Waals surface area (Å²) in [6.45, 7) is 3.15. The van der Waals surface area contributed by atoms with Gasteiger partial charge in [0.15, 0.2) is 0 Å². The number of likely N-dealkylation sites (tertiary alicyclic amines) is 1. The average Bonchev–Trinajstić information content (AvgIpc) is 2.97. The number of hydrogen-bond donors (Lipinski definition) is 2. The van der Waals surface area contributed by atoms with E-state index in [2.05, 4.69) is 29.6 Å². The third kappa shape index (κ3) is 4.00. The van der Waals surface area contributed by atoms with Gasteiger partial charge in [0.25, 0.3) is 5.69 Å². The summed E-state index contributed by atoms with van der Waals surface area (Å²) in [6.07, 6.45) is 1.06. The van der Waals surface area contributed by atoms with Crippen LogP contribution in [0, 0.1) is 10.1 Å². The van der Waals surface area contributed by atoms with Crippen LogP contribution in [0.25, 0.3) is 0 Å². The molecule has 0 spiro atoms. The second-order valence-corrected chi connectivity index (χ2v) is 6.32. The van der Waals surface area contributed by atoms with Gasteiger partial charge in [0.1, 0.15) is 6.54 Å². The molecule has 6 heteroatoms. The number of rotatable bonds is 5. The van der Waals surface area contributed by atoms with Gasteiger partial charge in [0, 0.05) is 24.1 Å². The number of hydrogen-bond acceptors (Lipinski definition) is 3. The van der Waals surface area contributed by atoms with Gasteiger partial charge in [-0.15, -0.1) is 0 Å². The van der Waals surface area contributed by atoms with Crippen LogP contribution >= 0.6 is 11.6 Å². The molecule has 2 aromatic rings. The number of non-ortho nitro benzene ring substituents is 1. The summed E-state index contributed by atoms with van der Waals surface area (Å²) < 4.78 is 0. The summed E-state index contributed by atoms with van der Waals surface area (Å²) in [5.41, 5.74) is 2.13. The van der Waals surface area contributed by atoms with E-state index in [1.807, 2.05) is 6.07 Å². The van der Waals surface area contributed by atoms with Crippen molar-refractivity contribution in [3.05, 3.63) is 69.2 Å². The number of nitro groups is 1. The van der Waals surface area contributed by atoms with Crippen LogP contribution in [-0.2, 0) is 6.54 Å². The van der Waals surface area contributed by atoms with Gasteiger partial charge < -0.3 is 10.2 Å². The van der Waals surface area contributed by atoms with Gasteiger partial charge in [-0.1, -0.05) is 41.9 Å². The quantitative estimate of drug-likeness (QED) is 0.653. The largest absolute Gasteiger partial charge is 0.375 e. The first-order valence-corrected chi connectivity index (χ1v) is 8.07. The molecule has 0 aromatic heterocycles. The predicted octanol–water partition coefficient (Wildman–Crippen LogP) is 2.52. The first-order valence-electron chi connectivity index (χ1n) is 7.70. The minimum atomic E-state index is -0.434. The molecule has 0 amide bonds. The maximum atomic E-state index is 10.7. The van der Waals surface area contributed by atoms with E-state index in [-0.39, 0.29) is 5.69 Å². The SMILES string of the molecule is O=[N+]([O-])c1ccc(N[C@H]2CC[NH+](Cc3ccccc3)C2)c(Cl)c1. The molecule has 1 fully saturated rings. The number of anilines is 1. The summed E-state index contributed by atoms with van der Waals surface area (Å²) in [7, 11) is 0. The second kappa shape index (κ2) is 6.98. The van der Waals surface area contributed by atoms with Crippen molar-refractivity contribution >= 4 is 23.0 Å². The van der Waals surface area contributed by atoms with Gasteiger partial charge in [-0.25, -0.2) is 0 Å². The third-order valence-electron chi connectivity index (χ3n) is 4.20. The highest BCUT2D eigenvalue weighted by Crippen LogP contribution is 2.27. The van der Waals surface area contributed by atoms with E-state index in [1.165, 1.54) is 22.6 Å². The number of nitro benzene ring substituents is 1. The van der Waals surface area contributed by atoms with Gasteiger partial charge in [-0.2, -0.15) is 0 Å². The molecule has 23 heavy (non-hydrogen) atoms. The molecule has 5 nitrogen and oxygen atoms in total. The van der Waals surface area contributed by atoms with Gasteiger partial charge >= 0.3 is 0 Å². The average molecular weight is 333 g/mol. The van der Waals surface area contributed by atoms with Crippen LogP contribution in [0.4, 0.5) is 11.4 Å². The summed E-state index contributed by atoms with van der Waals surface area (Å²) in [6, 6.07) is 15.4. The van der Waals surface area contributed by atoms with Crippen molar-refractivity contribution in [1.82, 2.24) is 0 Å². The van der Waals surface area contributed by atoms with Crippen LogP contribution in [0.1, 0.15) is 12.0 Å². The zero-order valence-corrected chi connectivity index (χ0v) is 13.4. The number of nitrogens with one attached hydrogen (secondary N) is 2. The van der Waals surface area contributed by atoms with Gasteiger partial charge in [-0.05, 0) is 6.07 Å². The number of benzene rings is 2. The molecule has 1 heterocycles. The Hall–Kier alpha value is -2.11. The van der Waals surface area contributed by atoms with Crippen molar-refractivity contribution in [1.29, 1.82) is 0 Å². The van der Waals surface area contributed by atoms with Crippen LogP contribution in [0.5, 0.6) is 0 Å². The number of nitrogens with zero attached hydrogens (tertiary/aromatic N) is 1. The monoisotopic (exact) mass is 332 g/mol. The van der Waals surface area contributed by atoms with Crippen LogP contribution in [0.2, 0.25) is 5.02 Å². The first-order chi connectivity index (χ1) is 11.1. The van der Waals surface area contributed by atoms with Crippen molar-refractivity contribution in [2.75, 3.05) is 18.4 Å². The summed E-state index contributed by atoms with van der Waals surface area (Å²) >= 11 is 6.14. The van der Waals surface area contributed by atoms with Crippen molar-refractivity contribution in [2.24, 2.45) is 0 Å². The smallest absolute Gasteiger partial charge is 0.271 e. The van der Waals surface area contributed by atoms with E-state index in [4.69, 9.17) is 11.6 Å². The van der Waals surface area contributed by atoms with E-state index in [0.717, 1.165) is 31.7 Å². The van der Waals surface area contributed by atoms with Crippen molar-refractivity contribution < 1.29 is 9.82 Å². The van der Waals surface area contributed by atoms with Gasteiger partial charge in [0.05, 0.1) is 34.8 Å². The Morgan fingerprint density at radius 2 is 2.04 bits per heavy atom. The molecule has 1 aliphatic heterocycles. The topological polar surface area (TPSA) is 59.6 Å². The fourth-order valence-electron chi connectivity index (χ4n) is 3.05. The van der Waals surface area contributed by atoms with E-state index < -0.39 is 4.92 Å². The van der Waals surface area contributed by atoms with Crippen molar-refractivity contribution in [3.8, 4) is 0 Å². The normalized spacial score (nSPS) is 20.4. The Bertz CT molecular complexity index is 693. The molecule has 0 saturated carbocycles. The maximum Gasteiger partial charge on any atom is 0.271 e. The zero-order chi connectivity index (χ0) is 16.2. The minimum Gasteiger partial charge on any atom is -0.375 e. The molecule has 1 unspecified atom stereocenters. The molecule has 3 rings (SSSR count). The highest BCUT2D eigenvalue weighted by atomic mass is 35.5. The van der Waals surface area contributed by atoms with Crippen LogP contribution in [0.15, 0.2) is 48.5 Å². The standard InChI is InChI=1S/C17H18ClN3O2/c18-16-10-15(21(22)23)6-7-17(16)19-14-8-9-20(12-14)11-13-4-2-1-3-5-13/h1-7,10,14,19H,8-9,11-12H2/p+1/t14-/m0/s1. The highest BCUT2D eigenvalue weighted by molar-refractivity contribution is 6.33. The summed E-state index contributed by atoms with van der Waals surface area (Å²) in [5.74, 6) is 0. The molecular weight excluding hydrogens is 314 g/mol. The molecule has 2 aromatic carbocycles. The minimum absolute atomic E-state index is 0.0169. The summed E-state index contributed by atoms with van der Waals surface area (Å²) in [5, 5.41) is 14.6. The molecule has 0 radical (unpaired) electrons. The van der Waals surface area contributed by atoms with Crippen LogP contribution < -0.4 is 10.2 Å². The second-order valence-electron chi connectivity index (χ2n) is 5.92. The Labute approximate surface area is 140 Å². The third-order valence-corrected chi connectivity index (χ3v) is 4.51.